The first-order valence-corrected chi connectivity index (χ1v) is 7.00. The molecule has 1 saturated heterocycles. The molecule has 1 aliphatic heterocycles. The number of amides is 2. The van der Waals surface area contributed by atoms with Crippen molar-refractivity contribution >= 4 is 29.5 Å². The molecule has 9 nitrogen and oxygen atoms in total. The second kappa shape index (κ2) is 7.30. The second-order valence-electron chi connectivity index (χ2n) is 4.67. The molecule has 1 atom stereocenters. The fourth-order valence-electron chi connectivity index (χ4n) is 2.17. The Morgan fingerprint density at radius 1 is 1.33 bits per heavy atom. The van der Waals surface area contributed by atoms with Gasteiger partial charge in [-0.15, -0.1) is 0 Å². The third kappa shape index (κ3) is 3.21. The van der Waals surface area contributed by atoms with Gasteiger partial charge >= 0.3 is 29.5 Å². The number of imide groups is 1. The molecule has 9 heteroatoms. The van der Waals surface area contributed by atoms with Crippen molar-refractivity contribution in [2.75, 3.05) is 13.2 Å². The SMILES string of the molecule is CCOC(=O)C(=[N+]=[N-])C(=O)N1C(=O)C(=O)OC[C@H]1c1ccccc1. The molecule has 1 heterocycles. The highest BCUT2D eigenvalue weighted by atomic mass is 16.5. The van der Waals surface area contributed by atoms with Crippen LogP contribution in [0.4, 0.5) is 0 Å². The lowest BCUT2D eigenvalue weighted by molar-refractivity contribution is -0.174. The van der Waals surface area contributed by atoms with Crippen molar-refractivity contribution in [3.8, 4) is 0 Å². The maximum atomic E-state index is 12.5. The lowest BCUT2D eigenvalue weighted by Crippen LogP contribution is -2.53. The van der Waals surface area contributed by atoms with Crippen molar-refractivity contribution < 1.29 is 33.4 Å². The minimum atomic E-state index is -1.26. The number of carbonyl (C=O) groups is 4. The van der Waals surface area contributed by atoms with E-state index in [9.17, 15) is 19.2 Å². The molecule has 0 N–H and O–H groups in total. The van der Waals surface area contributed by atoms with Gasteiger partial charge in [0.25, 0.3) is 0 Å². The molecule has 1 aliphatic rings. The van der Waals surface area contributed by atoms with Gasteiger partial charge in [-0.25, -0.2) is 9.59 Å². The van der Waals surface area contributed by atoms with E-state index in [0.717, 1.165) is 0 Å². The number of morpholine rings is 1. The zero-order valence-electron chi connectivity index (χ0n) is 12.7. The average Bonchev–Trinajstić information content (AvgIpc) is 2.58. The van der Waals surface area contributed by atoms with E-state index in [0.29, 0.717) is 10.5 Å². The van der Waals surface area contributed by atoms with Crippen molar-refractivity contribution in [3.63, 3.8) is 0 Å². The van der Waals surface area contributed by atoms with E-state index in [1.54, 1.807) is 30.3 Å². The standard InChI is InChI=1S/C15H13N3O6/c1-2-23-14(21)11(17-16)12(19)18-10(8-24-15(22)13(18)20)9-6-4-3-5-7-9/h3-7,10H,2,8H2,1H3/t10-/m0/s1. The third-order valence-corrected chi connectivity index (χ3v) is 3.25. The third-order valence-electron chi connectivity index (χ3n) is 3.25. The van der Waals surface area contributed by atoms with Crippen molar-refractivity contribution in [1.82, 2.24) is 4.90 Å². The number of esters is 2. The minimum absolute atomic E-state index is 0.0662. The van der Waals surface area contributed by atoms with Crippen LogP contribution in [0.15, 0.2) is 30.3 Å². The van der Waals surface area contributed by atoms with E-state index in [-0.39, 0.29) is 13.2 Å². The molecule has 0 spiro atoms. The fraction of sp³-hybridized carbons (Fsp3) is 0.267. The molecule has 24 heavy (non-hydrogen) atoms. The van der Waals surface area contributed by atoms with Gasteiger partial charge in [0, 0.05) is 0 Å². The molecule has 0 aliphatic carbocycles. The molecule has 0 bridgehead atoms. The zero-order chi connectivity index (χ0) is 17.7. The molecule has 124 valence electrons. The topological polar surface area (TPSA) is 126 Å². The molecule has 0 saturated carbocycles. The summed E-state index contributed by atoms with van der Waals surface area (Å²) >= 11 is 0. The van der Waals surface area contributed by atoms with Crippen LogP contribution in [0.2, 0.25) is 0 Å². The van der Waals surface area contributed by atoms with Crippen LogP contribution in [0.25, 0.3) is 5.53 Å². The summed E-state index contributed by atoms with van der Waals surface area (Å²) in [6.07, 6.45) is 0. The molecule has 0 aromatic heterocycles. The Kier molecular flexibility index (Phi) is 5.18. The Bertz CT molecular complexity index is 739. The number of hydrogen-bond acceptors (Lipinski definition) is 6. The van der Waals surface area contributed by atoms with Crippen molar-refractivity contribution in [2.45, 2.75) is 13.0 Å². The second-order valence-corrected chi connectivity index (χ2v) is 4.67. The Hall–Kier alpha value is -3.32. The van der Waals surface area contributed by atoms with Gasteiger partial charge in [-0.05, 0) is 12.5 Å². The van der Waals surface area contributed by atoms with Gasteiger partial charge in [0.15, 0.2) is 0 Å². The van der Waals surface area contributed by atoms with E-state index < -0.39 is 35.5 Å². The van der Waals surface area contributed by atoms with Crippen molar-refractivity contribution in [1.29, 1.82) is 0 Å². The predicted octanol–water partition coefficient (Wildman–Crippen LogP) is -0.126. The molecule has 2 amide bonds. The first-order valence-electron chi connectivity index (χ1n) is 7.00. The summed E-state index contributed by atoms with van der Waals surface area (Å²) in [7, 11) is 0. The molecular weight excluding hydrogens is 318 g/mol. The van der Waals surface area contributed by atoms with Crippen LogP contribution < -0.4 is 0 Å². The van der Waals surface area contributed by atoms with Gasteiger partial charge in [0.2, 0.25) is 0 Å². The van der Waals surface area contributed by atoms with Crippen LogP contribution >= 0.6 is 0 Å². The summed E-state index contributed by atoms with van der Waals surface area (Å²) in [5, 5.41) is 0. The Labute approximate surface area is 136 Å². The van der Waals surface area contributed by atoms with Crippen molar-refractivity contribution in [3.05, 3.63) is 41.4 Å². The first kappa shape index (κ1) is 17.0. The highest BCUT2D eigenvalue weighted by Crippen LogP contribution is 2.25. The minimum Gasteiger partial charge on any atom is -0.457 e. The lowest BCUT2D eigenvalue weighted by Gasteiger charge is -2.31. The Balaban J connectivity index is 2.42. The Morgan fingerprint density at radius 2 is 2.00 bits per heavy atom. The van der Waals surface area contributed by atoms with E-state index in [2.05, 4.69) is 9.53 Å². The zero-order valence-corrected chi connectivity index (χ0v) is 12.7. The summed E-state index contributed by atoms with van der Waals surface area (Å²) in [6, 6.07) is 7.37. The van der Waals surface area contributed by atoms with Crippen LogP contribution in [0.5, 0.6) is 0 Å². The lowest BCUT2D eigenvalue weighted by atomic mass is 10.0. The predicted molar refractivity (Wildman–Crippen MR) is 77.3 cm³/mol. The van der Waals surface area contributed by atoms with Gasteiger partial charge in [0.05, 0.1) is 12.6 Å². The number of hydrogen-bond donors (Lipinski definition) is 0. The summed E-state index contributed by atoms with van der Waals surface area (Å²) in [6.45, 7) is 1.15. The number of ether oxygens (including phenoxy) is 2. The quantitative estimate of drug-likeness (QED) is 0.189. The largest absolute Gasteiger partial charge is 0.463 e. The molecule has 0 radical (unpaired) electrons. The first-order chi connectivity index (χ1) is 11.5. The number of benzene rings is 1. The highest BCUT2D eigenvalue weighted by molar-refractivity contribution is 6.63. The molecule has 1 aromatic rings. The normalized spacial score (nSPS) is 16.9. The molecule has 0 unspecified atom stereocenters. The maximum Gasteiger partial charge on any atom is 0.463 e. The highest BCUT2D eigenvalue weighted by Gasteiger charge is 2.47. The van der Waals surface area contributed by atoms with Gasteiger partial charge in [-0.3, -0.25) is 14.5 Å². The van der Waals surface area contributed by atoms with E-state index in [4.69, 9.17) is 10.3 Å². The fourth-order valence-corrected chi connectivity index (χ4v) is 2.17. The monoisotopic (exact) mass is 331 g/mol. The van der Waals surface area contributed by atoms with Crippen LogP contribution in [0.1, 0.15) is 18.5 Å². The number of carbonyl (C=O) groups excluding carboxylic acids is 4. The number of cyclic esters (lactones) is 1. The molecule has 1 aromatic carbocycles. The van der Waals surface area contributed by atoms with Crippen LogP contribution in [-0.4, -0.2) is 52.4 Å². The number of nitrogens with zero attached hydrogens (tertiary/aromatic N) is 3. The summed E-state index contributed by atoms with van der Waals surface area (Å²) in [4.78, 5) is 50.9. The average molecular weight is 331 g/mol. The maximum absolute atomic E-state index is 12.5. The van der Waals surface area contributed by atoms with Gasteiger partial charge in [-0.2, -0.15) is 4.79 Å². The van der Waals surface area contributed by atoms with Crippen LogP contribution in [-0.2, 0) is 28.7 Å². The van der Waals surface area contributed by atoms with E-state index in [1.165, 1.54) is 6.92 Å². The smallest absolute Gasteiger partial charge is 0.457 e. The summed E-state index contributed by atoms with van der Waals surface area (Å²) in [5.74, 6) is -4.95. The summed E-state index contributed by atoms with van der Waals surface area (Å²) in [5.41, 5.74) is 8.45. The van der Waals surface area contributed by atoms with Gasteiger partial charge < -0.3 is 15.0 Å². The van der Waals surface area contributed by atoms with Gasteiger partial charge in [-0.1, -0.05) is 30.3 Å². The molecule has 1 fully saturated rings. The Morgan fingerprint density at radius 3 is 2.58 bits per heavy atom. The van der Waals surface area contributed by atoms with E-state index in [1.807, 2.05) is 0 Å². The van der Waals surface area contributed by atoms with Crippen LogP contribution in [0.3, 0.4) is 0 Å². The molecule has 2 rings (SSSR count). The molecular formula is C15H13N3O6. The summed E-state index contributed by atoms with van der Waals surface area (Å²) < 4.78 is 9.36. The number of rotatable bonds is 4. The van der Waals surface area contributed by atoms with Crippen LogP contribution in [0, 0.1) is 0 Å². The van der Waals surface area contributed by atoms with Gasteiger partial charge in [0.1, 0.15) is 6.61 Å². The van der Waals surface area contributed by atoms with E-state index >= 15 is 0 Å². The van der Waals surface area contributed by atoms with Crippen molar-refractivity contribution in [2.24, 2.45) is 0 Å².